The summed E-state index contributed by atoms with van der Waals surface area (Å²) >= 11 is 0. The van der Waals surface area contributed by atoms with Crippen molar-refractivity contribution in [3.8, 4) is 5.75 Å². The number of benzene rings is 1. The number of hydrogen-bond donors (Lipinski definition) is 2. The van der Waals surface area contributed by atoms with E-state index in [0.717, 1.165) is 24.9 Å². The first-order valence-corrected chi connectivity index (χ1v) is 6.36. The molecule has 4 heteroatoms. The zero-order valence-electron chi connectivity index (χ0n) is 10.9. The highest BCUT2D eigenvalue weighted by Gasteiger charge is 2.29. The zero-order chi connectivity index (χ0) is 13.1. The summed E-state index contributed by atoms with van der Waals surface area (Å²) in [5.41, 5.74) is 7.08. The second kappa shape index (κ2) is 5.29. The van der Waals surface area contributed by atoms with Crippen molar-refractivity contribution in [2.24, 2.45) is 11.8 Å². The van der Waals surface area contributed by atoms with Crippen LogP contribution in [0.3, 0.4) is 0 Å². The van der Waals surface area contributed by atoms with Gasteiger partial charge in [-0.05, 0) is 37.0 Å². The van der Waals surface area contributed by atoms with Crippen LogP contribution >= 0.6 is 0 Å². The van der Waals surface area contributed by atoms with E-state index in [1.54, 1.807) is 19.2 Å². The summed E-state index contributed by atoms with van der Waals surface area (Å²) in [5, 5.41) is 2.93. The summed E-state index contributed by atoms with van der Waals surface area (Å²) in [6.07, 6.45) is 3.27. The van der Waals surface area contributed by atoms with Crippen LogP contribution in [0.5, 0.6) is 5.75 Å². The SMILES string of the molecule is COc1ccc(NC(=O)C2CCCC2C)cc1N. The molecule has 0 heterocycles. The lowest BCUT2D eigenvalue weighted by atomic mass is 9.97. The van der Waals surface area contributed by atoms with Crippen LogP contribution in [-0.4, -0.2) is 13.0 Å². The highest BCUT2D eigenvalue weighted by Crippen LogP contribution is 2.32. The van der Waals surface area contributed by atoms with Crippen LogP contribution < -0.4 is 15.8 Å². The third-order valence-electron chi connectivity index (χ3n) is 3.70. The first kappa shape index (κ1) is 12.7. The molecule has 0 saturated heterocycles. The molecule has 4 nitrogen and oxygen atoms in total. The van der Waals surface area contributed by atoms with Gasteiger partial charge < -0.3 is 15.8 Å². The first-order valence-electron chi connectivity index (χ1n) is 6.36. The van der Waals surface area contributed by atoms with E-state index < -0.39 is 0 Å². The Bertz CT molecular complexity index is 445. The average molecular weight is 248 g/mol. The molecule has 1 fully saturated rings. The summed E-state index contributed by atoms with van der Waals surface area (Å²) < 4.78 is 5.08. The number of nitrogen functional groups attached to an aromatic ring is 1. The number of rotatable bonds is 3. The predicted octanol–water partition coefficient (Wildman–Crippen LogP) is 2.65. The number of carbonyl (C=O) groups excluding carboxylic acids is 1. The van der Waals surface area contributed by atoms with E-state index >= 15 is 0 Å². The Morgan fingerprint density at radius 1 is 1.44 bits per heavy atom. The Kier molecular flexibility index (Phi) is 3.75. The van der Waals surface area contributed by atoms with E-state index in [1.165, 1.54) is 0 Å². The quantitative estimate of drug-likeness (QED) is 0.808. The molecular formula is C14H20N2O2. The van der Waals surface area contributed by atoms with E-state index in [1.807, 2.05) is 6.07 Å². The number of carbonyl (C=O) groups is 1. The van der Waals surface area contributed by atoms with E-state index in [-0.39, 0.29) is 11.8 Å². The number of hydrogen-bond acceptors (Lipinski definition) is 3. The molecule has 1 amide bonds. The molecule has 0 aliphatic heterocycles. The van der Waals surface area contributed by atoms with Gasteiger partial charge in [0.2, 0.25) is 5.91 Å². The molecular weight excluding hydrogens is 228 g/mol. The number of nitrogens with one attached hydrogen (secondary N) is 1. The van der Waals surface area contributed by atoms with Crippen molar-refractivity contribution < 1.29 is 9.53 Å². The third kappa shape index (κ3) is 2.58. The van der Waals surface area contributed by atoms with Crippen molar-refractivity contribution in [2.45, 2.75) is 26.2 Å². The summed E-state index contributed by atoms with van der Waals surface area (Å²) in [6.45, 7) is 2.14. The fraction of sp³-hybridized carbons (Fsp3) is 0.500. The van der Waals surface area contributed by atoms with Gasteiger partial charge in [0.25, 0.3) is 0 Å². The van der Waals surface area contributed by atoms with Gasteiger partial charge in [-0.2, -0.15) is 0 Å². The second-order valence-corrected chi connectivity index (χ2v) is 4.96. The van der Waals surface area contributed by atoms with E-state index in [0.29, 0.717) is 17.4 Å². The van der Waals surface area contributed by atoms with Crippen LogP contribution in [0.4, 0.5) is 11.4 Å². The lowest BCUT2D eigenvalue weighted by molar-refractivity contribution is -0.120. The molecule has 2 unspecified atom stereocenters. The Hall–Kier alpha value is -1.71. The van der Waals surface area contributed by atoms with Crippen LogP contribution in [0.25, 0.3) is 0 Å². The number of methoxy groups -OCH3 is 1. The van der Waals surface area contributed by atoms with Crippen LogP contribution in [0.2, 0.25) is 0 Å². The lowest BCUT2D eigenvalue weighted by Gasteiger charge is -2.15. The normalized spacial score (nSPS) is 22.8. The van der Waals surface area contributed by atoms with Crippen molar-refractivity contribution in [3.63, 3.8) is 0 Å². The Morgan fingerprint density at radius 2 is 2.22 bits per heavy atom. The molecule has 0 radical (unpaired) electrons. The lowest BCUT2D eigenvalue weighted by Crippen LogP contribution is -2.24. The first-order chi connectivity index (χ1) is 8.61. The van der Waals surface area contributed by atoms with Crippen molar-refractivity contribution in [1.29, 1.82) is 0 Å². The van der Waals surface area contributed by atoms with Crippen molar-refractivity contribution in [3.05, 3.63) is 18.2 Å². The Labute approximate surface area is 108 Å². The molecule has 2 rings (SSSR count). The van der Waals surface area contributed by atoms with E-state index in [4.69, 9.17) is 10.5 Å². The molecule has 1 aliphatic rings. The maximum absolute atomic E-state index is 12.1. The predicted molar refractivity (Wildman–Crippen MR) is 72.5 cm³/mol. The minimum absolute atomic E-state index is 0.101. The number of nitrogens with two attached hydrogens (primary N) is 1. The van der Waals surface area contributed by atoms with Gasteiger partial charge in [0.15, 0.2) is 0 Å². The smallest absolute Gasteiger partial charge is 0.227 e. The number of anilines is 2. The molecule has 1 aliphatic carbocycles. The van der Waals surface area contributed by atoms with Crippen molar-refractivity contribution in [1.82, 2.24) is 0 Å². The van der Waals surface area contributed by atoms with Crippen LogP contribution in [-0.2, 0) is 4.79 Å². The van der Waals surface area contributed by atoms with Crippen LogP contribution in [0.15, 0.2) is 18.2 Å². The molecule has 98 valence electrons. The minimum Gasteiger partial charge on any atom is -0.495 e. The summed E-state index contributed by atoms with van der Waals surface area (Å²) in [7, 11) is 1.57. The highest BCUT2D eigenvalue weighted by molar-refractivity contribution is 5.93. The van der Waals surface area contributed by atoms with Gasteiger partial charge in [0.1, 0.15) is 5.75 Å². The van der Waals surface area contributed by atoms with Gasteiger partial charge in [-0.25, -0.2) is 0 Å². The Morgan fingerprint density at radius 3 is 2.78 bits per heavy atom. The van der Waals surface area contributed by atoms with Crippen LogP contribution in [0, 0.1) is 11.8 Å². The molecule has 18 heavy (non-hydrogen) atoms. The Balaban J connectivity index is 2.05. The number of ether oxygens (including phenoxy) is 1. The fourth-order valence-corrected chi connectivity index (χ4v) is 2.58. The maximum Gasteiger partial charge on any atom is 0.227 e. The summed E-state index contributed by atoms with van der Waals surface area (Å²) in [6, 6.07) is 5.31. The van der Waals surface area contributed by atoms with Gasteiger partial charge in [0.05, 0.1) is 12.8 Å². The van der Waals surface area contributed by atoms with Crippen molar-refractivity contribution >= 4 is 17.3 Å². The molecule has 2 atom stereocenters. The molecule has 1 aromatic rings. The maximum atomic E-state index is 12.1. The van der Waals surface area contributed by atoms with Gasteiger partial charge in [-0.1, -0.05) is 13.3 Å². The minimum atomic E-state index is 0.101. The average Bonchev–Trinajstić information content (AvgIpc) is 2.76. The highest BCUT2D eigenvalue weighted by atomic mass is 16.5. The third-order valence-corrected chi connectivity index (χ3v) is 3.70. The van der Waals surface area contributed by atoms with Gasteiger partial charge in [-0.3, -0.25) is 4.79 Å². The van der Waals surface area contributed by atoms with Crippen LogP contribution in [0.1, 0.15) is 26.2 Å². The van der Waals surface area contributed by atoms with Crippen molar-refractivity contribution in [2.75, 3.05) is 18.2 Å². The molecule has 1 saturated carbocycles. The topological polar surface area (TPSA) is 64.3 Å². The zero-order valence-corrected chi connectivity index (χ0v) is 10.9. The molecule has 1 aromatic carbocycles. The molecule has 3 N–H and O–H groups in total. The van der Waals surface area contributed by atoms with E-state index in [2.05, 4.69) is 12.2 Å². The van der Waals surface area contributed by atoms with Gasteiger partial charge in [0, 0.05) is 11.6 Å². The monoisotopic (exact) mass is 248 g/mol. The van der Waals surface area contributed by atoms with Gasteiger partial charge in [-0.15, -0.1) is 0 Å². The molecule has 0 aromatic heterocycles. The second-order valence-electron chi connectivity index (χ2n) is 4.96. The summed E-state index contributed by atoms with van der Waals surface area (Å²) in [5.74, 6) is 1.33. The fourth-order valence-electron chi connectivity index (χ4n) is 2.58. The largest absolute Gasteiger partial charge is 0.495 e. The van der Waals surface area contributed by atoms with E-state index in [9.17, 15) is 4.79 Å². The number of amides is 1. The molecule has 0 bridgehead atoms. The standard InChI is InChI=1S/C14H20N2O2/c1-9-4-3-5-11(9)14(17)16-10-6-7-13(18-2)12(15)8-10/h6-9,11H,3-5,15H2,1-2H3,(H,16,17). The molecule has 0 spiro atoms. The summed E-state index contributed by atoms with van der Waals surface area (Å²) in [4.78, 5) is 12.1. The van der Waals surface area contributed by atoms with Gasteiger partial charge >= 0.3 is 0 Å².